The minimum Gasteiger partial charge on any atom is -0.393 e. The molecule has 2 fully saturated rings. The third-order valence-corrected chi connectivity index (χ3v) is 8.17. The van der Waals surface area contributed by atoms with E-state index >= 15 is 0 Å². The molecule has 1 heterocycles. The molecule has 0 bridgehead atoms. The summed E-state index contributed by atoms with van der Waals surface area (Å²) in [6.45, 7) is 1.98. The molecule has 4 N–H and O–H groups in total. The van der Waals surface area contributed by atoms with E-state index in [4.69, 9.17) is 4.74 Å². The van der Waals surface area contributed by atoms with E-state index in [9.17, 15) is 23.8 Å². The van der Waals surface area contributed by atoms with Crippen molar-refractivity contribution in [3.8, 4) is 0 Å². The van der Waals surface area contributed by atoms with Crippen molar-refractivity contribution < 1.29 is 28.5 Å². The highest BCUT2D eigenvalue weighted by atomic mass is 19.2. The zero-order valence-electron chi connectivity index (χ0n) is 22.4. The van der Waals surface area contributed by atoms with Crippen LogP contribution in [0.3, 0.4) is 0 Å². The Hall–Kier alpha value is -1.81. The molecule has 1 aliphatic carbocycles. The van der Waals surface area contributed by atoms with Crippen LogP contribution in [0.15, 0.2) is 18.2 Å². The van der Waals surface area contributed by atoms with Crippen LogP contribution in [0.1, 0.15) is 69.8 Å². The number of benzene rings is 1. The van der Waals surface area contributed by atoms with Crippen molar-refractivity contribution in [2.75, 3.05) is 40.4 Å². The van der Waals surface area contributed by atoms with Crippen LogP contribution in [0.25, 0.3) is 0 Å². The van der Waals surface area contributed by atoms with E-state index in [1.165, 1.54) is 12.1 Å². The number of unbranched alkanes of at least 4 members (excludes halogenated alkanes) is 1. The molecule has 1 aliphatic heterocycles. The summed E-state index contributed by atoms with van der Waals surface area (Å²) in [5.41, 5.74) is -1.63. The Morgan fingerprint density at radius 1 is 1.22 bits per heavy atom. The molecule has 0 radical (unpaired) electrons. The van der Waals surface area contributed by atoms with Gasteiger partial charge in [-0.3, -0.25) is 0 Å². The van der Waals surface area contributed by atoms with Gasteiger partial charge in [0.1, 0.15) is 0 Å². The fourth-order valence-electron chi connectivity index (χ4n) is 6.08. The highest BCUT2D eigenvalue weighted by molar-refractivity contribution is 5.74. The quantitative estimate of drug-likeness (QED) is 0.311. The van der Waals surface area contributed by atoms with Gasteiger partial charge in [0.05, 0.1) is 11.7 Å². The first-order valence-corrected chi connectivity index (χ1v) is 13.8. The van der Waals surface area contributed by atoms with Crippen molar-refractivity contribution >= 4 is 6.03 Å². The zero-order chi connectivity index (χ0) is 26.8. The number of likely N-dealkylation sites (tertiary alicyclic amines) is 1. The fourth-order valence-corrected chi connectivity index (χ4v) is 6.08. The standard InChI is InChI=1S/C28H45F2N3O4/c1-31-18-22(17-20-10-12-23(34)13-11-20)32-27(35)33-15-6-7-21(19-33)28(36,14-3-4-16-37-2)24-8-5-9-25(29)26(24)30/h5,8-9,20-23,31,34,36H,3-4,6-7,10-19H2,1-2H3,(H,32,35)/t20?,21?,22?,23?,28-/m0/s1. The maximum Gasteiger partial charge on any atom is 0.317 e. The number of urea groups is 1. The maximum absolute atomic E-state index is 14.9. The van der Waals surface area contributed by atoms with E-state index < -0.39 is 23.2 Å². The summed E-state index contributed by atoms with van der Waals surface area (Å²) in [6.07, 6.45) is 6.97. The average Bonchev–Trinajstić information content (AvgIpc) is 2.89. The SMILES string of the molecule is CNCC(CC1CCC(O)CC1)NC(=O)N1CCCC([C@@](O)(CCCCOC)c2cccc(F)c2F)C1. The molecule has 0 aromatic heterocycles. The zero-order valence-corrected chi connectivity index (χ0v) is 22.4. The molecule has 9 heteroatoms. The first-order valence-electron chi connectivity index (χ1n) is 13.8. The van der Waals surface area contributed by atoms with Crippen LogP contribution in [-0.4, -0.2) is 73.7 Å². The van der Waals surface area contributed by atoms with Crippen molar-refractivity contribution in [3.63, 3.8) is 0 Å². The first-order chi connectivity index (χ1) is 17.8. The summed E-state index contributed by atoms with van der Waals surface area (Å²) in [7, 11) is 3.47. The van der Waals surface area contributed by atoms with Gasteiger partial charge in [0.2, 0.25) is 0 Å². The van der Waals surface area contributed by atoms with Crippen molar-refractivity contribution in [3.05, 3.63) is 35.4 Å². The van der Waals surface area contributed by atoms with Gasteiger partial charge in [-0.05, 0) is 83.2 Å². The molecule has 1 aromatic rings. The van der Waals surface area contributed by atoms with Crippen LogP contribution >= 0.6 is 0 Å². The molecule has 0 spiro atoms. The van der Waals surface area contributed by atoms with Crippen LogP contribution in [0.2, 0.25) is 0 Å². The van der Waals surface area contributed by atoms with Crippen LogP contribution < -0.4 is 10.6 Å². The lowest BCUT2D eigenvalue weighted by molar-refractivity contribution is -0.0591. The lowest BCUT2D eigenvalue weighted by Gasteiger charge is -2.43. The van der Waals surface area contributed by atoms with Gasteiger partial charge in [-0.2, -0.15) is 0 Å². The van der Waals surface area contributed by atoms with Gasteiger partial charge in [0.25, 0.3) is 0 Å². The van der Waals surface area contributed by atoms with Crippen molar-refractivity contribution in [2.45, 2.75) is 82.0 Å². The van der Waals surface area contributed by atoms with Gasteiger partial charge in [-0.1, -0.05) is 12.1 Å². The molecule has 2 amide bonds. The Labute approximate surface area is 220 Å². The summed E-state index contributed by atoms with van der Waals surface area (Å²) < 4.78 is 34.2. The van der Waals surface area contributed by atoms with E-state index in [0.717, 1.165) is 38.2 Å². The lowest BCUT2D eigenvalue weighted by atomic mass is 9.74. The number of aliphatic hydroxyl groups is 2. The number of piperidine rings is 1. The molecule has 37 heavy (non-hydrogen) atoms. The Bertz CT molecular complexity index is 853. The number of rotatable bonds is 12. The lowest BCUT2D eigenvalue weighted by Crippen LogP contribution is -2.54. The molecule has 210 valence electrons. The number of aliphatic hydroxyl groups excluding tert-OH is 1. The van der Waals surface area contributed by atoms with Crippen LogP contribution in [0, 0.1) is 23.5 Å². The van der Waals surface area contributed by atoms with Gasteiger partial charge in [-0.15, -0.1) is 0 Å². The first kappa shape index (κ1) is 29.7. The number of likely N-dealkylation sites (N-methyl/N-ethyl adjacent to an activating group) is 1. The third kappa shape index (κ3) is 8.09. The van der Waals surface area contributed by atoms with E-state index in [0.29, 0.717) is 51.3 Å². The second-order valence-electron chi connectivity index (χ2n) is 10.9. The largest absolute Gasteiger partial charge is 0.393 e. The van der Waals surface area contributed by atoms with E-state index in [1.54, 1.807) is 12.0 Å². The second kappa shape index (κ2) is 14.4. The number of carbonyl (C=O) groups excluding carboxylic acids is 1. The van der Waals surface area contributed by atoms with E-state index in [1.807, 2.05) is 7.05 Å². The second-order valence-corrected chi connectivity index (χ2v) is 10.9. The topological polar surface area (TPSA) is 94.1 Å². The van der Waals surface area contributed by atoms with Gasteiger partial charge < -0.3 is 30.5 Å². The number of ether oxygens (including phenoxy) is 1. The summed E-state index contributed by atoms with van der Waals surface area (Å²) >= 11 is 0. The number of halogens is 2. The molecule has 3 atom stereocenters. The fraction of sp³-hybridized carbons (Fsp3) is 0.750. The molecule has 2 unspecified atom stereocenters. The summed E-state index contributed by atoms with van der Waals surface area (Å²) in [5, 5.41) is 28.0. The minimum atomic E-state index is -1.59. The number of hydrogen-bond donors (Lipinski definition) is 4. The molecule has 1 saturated carbocycles. The minimum absolute atomic E-state index is 0.0373. The predicted octanol–water partition coefficient (Wildman–Crippen LogP) is 3.92. The number of nitrogens with one attached hydrogen (secondary N) is 2. The highest BCUT2D eigenvalue weighted by Gasteiger charge is 2.43. The van der Waals surface area contributed by atoms with Gasteiger partial charge in [0, 0.05) is 50.9 Å². The summed E-state index contributed by atoms with van der Waals surface area (Å²) in [5.74, 6) is -1.97. The normalized spacial score (nSPS) is 24.9. The monoisotopic (exact) mass is 525 g/mol. The number of nitrogens with zero attached hydrogens (tertiary/aromatic N) is 1. The number of methoxy groups -OCH3 is 1. The molecule has 3 rings (SSSR count). The Morgan fingerprint density at radius 3 is 2.68 bits per heavy atom. The molecule has 1 aromatic carbocycles. The Morgan fingerprint density at radius 2 is 1.97 bits per heavy atom. The van der Waals surface area contributed by atoms with Gasteiger partial charge in [0.15, 0.2) is 11.6 Å². The Kier molecular flexibility index (Phi) is 11.6. The molecular formula is C28H45F2N3O4. The molecule has 1 saturated heterocycles. The van der Waals surface area contributed by atoms with Crippen LogP contribution in [-0.2, 0) is 10.3 Å². The van der Waals surface area contributed by atoms with E-state index in [-0.39, 0.29) is 36.7 Å². The highest BCUT2D eigenvalue weighted by Crippen LogP contribution is 2.41. The molecule has 2 aliphatic rings. The summed E-state index contributed by atoms with van der Waals surface area (Å²) in [6, 6.07) is 3.69. The number of carbonyl (C=O) groups is 1. The smallest absolute Gasteiger partial charge is 0.317 e. The average molecular weight is 526 g/mol. The van der Waals surface area contributed by atoms with Crippen molar-refractivity contribution in [1.29, 1.82) is 0 Å². The van der Waals surface area contributed by atoms with Crippen LogP contribution in [0.5, 0.6) is 0 Å². The van der Waals surface area contributed by atoms with Gasteiger partial charge in [-0.25, -0.2) is 13.6 Å². The van der Waals surface area contributed by atoms with Crippen LogP contribution in [0.4, 0.5) is 13.6 Å². The van der Waals surface area contributed by atoms with E-state index in [2.05, 4.69) is 10.6 Å². The number of amides is 2. The van der Waals surface area contributed by atoms with Gasteiger partial charge >= 0.3 is 6.03 Å². The van der Waals surface area contributed by atoms with Crippen molar-refractivity contribution in [2.24, 2.45) is 11.8 Å². The predicted molar refractivity (Wildman–Crippen MR) is 139 cm³/mol. The third-order valence-electron chi connectivity index (χ3n) is 8.17. The molecule has 7 nitrogen and oxygen atoms in total. The summed E-state index contributed by atoms with van der Waals surface area (Å²) in [4.78, 5) is 15.0. The number of hydrogen-bond acceptors (Lipinski definition) is 5. The maximum atomic E-state index is 14.9. The van der Waals surface area contributed by atoms with Crippen molar-refractivity contribution in [1.82, 2.24) is 15.5 Å². The Balaban J connectivity index is 1.70. The molecular weight excluding hydrogens is 480 g/mol.